The first-order chi connectivity index (χ1) is 15.2. The number of anilines is 1. The molecule has 0 bridgehead atoms. The van der Waals surface area contributed by atoms with Crippen LogP contribution in [0.3, 0.4) is 0 Å². The zero-order chi connectivity index (χ0) is 21.2. The molecule has 0 radical (unpaired) electrons. The lowest BCUT2D eigenvalue weighted by Gasteiger charge is -2.35. The standard InChI is InChI=1S/C22H27N5O4/c28-19-14-18(31-15-16-2-3-16)20(17-4-12-30-13-11-27(17)19)21(29)25-7-9-26(10-8-25)22-23-5-1-6-24-22/h1,5-6,14,16H,2-4,7-13,15H2. The number of ether oxygens (including phenoxy) is 2. The van der Waals surface area contributed by atoms with E-state index >= 15 is 0 Å². The van der Waals surface area contributed by atoms with Crippen molar-refractivity contribution in [3.05, 3.63) is 46.1 Å². The minimum Gasteiger partial charge on any atom is -0.492 e. The van der Waals surface area contributed by atoms with E-state index in [-0.39, 0.29) is 11.5 Å². The van der Waals surface area contributed by atoms with Crippen LogP contribution in [0.4, 0.5) is 5.95 Å². The predicted molar refractivity (Wildman–Crippen MR) is 114 cm³/mol. The van der Waals surface area contributed by atoms with Crippen molar-refractivity contribution in [3.63, 3.8) is 0 Å². The number of carbonyl (C=O) groups is 1. The zero-order valence-corrected chi connectivity index (χ0v) is 17.5. The van der Waals surface area contributed by atoms with Gasteiger partial charge in [0.1, 0.15) is 11.3 Å². The van der Waals surface area contributed by atoms with E-state index in [2.05, 4.69) is 14.9 Å². The second-order valence-electron chi connectivity index (χ2n) is 8.26. The average molecular weight is 425 g/mol. The predicted octanol–water partition coefficient (Wildman–Crippen LogP) is 0.962. The van der Waals surface area contributed by atoms with Crippen LogP contribution < -0.4 is 15.2 Å². The Morgan fingerprint density at radius 3 is 2.61 bits per heavy atom. The minimum atomic E-state index is -0.131. The van der Waals surface area contributed by atoms with E-state index in [0.717, 1.165) is 18.5 Å². The van der Waals surface area contributed by atoms with E-state index < -0.39 is 0 Å². The summed E-state index contributed by atoms with van der Waals surface area (Å²) in [6.45, 7) is 4.42. The molecule has 4 heterocycles. The van der Waals surface area contributed by atoms with Crippen molar-refractivity contribution in [1.82, 2.24) is 19.4 Å². The zero-order valence-electron chi connectivity index (χ0n) is 17.5. The van der Waals surface area contributed by atoms with Crippen molar-refractivity contribution in [3.8, 4) is 5.75 Å². The summed E-state index contributed by atoms with van der Waals surface area (Å²) < 4.78 is 13.3. The van der Waals surface area contributed by atoms with Crippen LogP contribution in [-0.2, 0) is 17.7 Å². The Labute approximate surface area is 180 Å². The van der Waals surface area contributed by atoms with Crippen molar-refractivity contribution < 1.29 is 14.3 Å². The number of hydrogen-bond donors (Lipinski definition) is 0. The third-order valence-electron chi connectivity index (χ3n) is 6.11. The first kappa shape index (κ1) is 20.0. The normalized spacial score (nSPS) is 19.0. The lowest BCUT2D eigenvalue weighted by atomic mass is 10.1. The van der Waals surface area contributed by atoms with Gasteiger partial charge in [-0.3, -0.25) is 9.59 Å². The van der Waals surface area contributed by atoms with Gasteiger partial charge in [0.15, 0.2) is 0 Å². The van der Waals surface area contributed by atoms with Crippen molar-refractivity contribution in [2.24, 2.45) is 5.92 Å². The maximum absolute atomic E-state index is 13.7. The molecule has 1 saturated carbocycles. The second-order valence-corrected chi connectivity index (χ2v) is 8.26. The van der Waals surface area contributed by atoms with Gasteiger partial charge in [-0.1, -0.05) is 0 Å². The van der Waals surface area contributed by atoms with E-state index in [1.165, 1.54) is 6.07 Å². The third-order valence-corrected chi connectivity index (χ3v) is 6.11. The van der Waals surface area contributed by atoms with Crippen LogP contribution >= 0.6 is 0 Å². The first-order valence-corrected chi connectivity index (χ1v) is 11.0. The highest BCUT2D eigenvalue weighted by atomic mass is 16.5. The van der Waals surface area contributed by atoms with Crippen LogP contribution in [0, 0.1) is 5.92 Å². The van der Waals surface area contributed by atoms with E-state index in [0.29, 0.717) is 82.1 Å². The topological polar surface area (TPSA) is 89.8 Å². The number of fused-ring (bicyclic) bond motifs is 1. The highest BCUT2D eigenvalue weighted by Gasteiger charge is 2.31. The van der Waals surface area contributed by atoms with Crippen LogP contribution in [0.25, 0.3) is 0 Å². The molecule has 2 aliphatic heterocycles. The molecule has 9 nitrogen and oxygen atoms in total. The molecule has 9 heteroatoms. The van der Waals surface area contributed by atoms with Crippen LogP contribution in [0.2, 0.25) is 0 Å². The third kappa shape index (κ3) is 4.27. The fourth-order valence-corrected chi connectivity index (χ4v) is 4.16. The Morgan fingerprint density at radius 1 is 1.10 bits per heavy atom. The van der Waals surface area contributed by atoms with Crippen molar-refractivity contribution >= 4 is 11.9 Å². The summed E-state index contributed by atoms with van der Waals surface area (Å²) in [4.78, 5) is 38.9. The lowest BCUT2D eigenvalue weighted by molar-refractivity contribution is 0.0738. The maximum Gasteiger partial charge on any atom is 0.259 e. The van der Waals surface area contributed by atoms with E-state index in [1.54, 1.807) is 23.0 Å². The van der Waals surface area contributed by atoms with Gasteiger partial charge in [0, 0.05) is 63.3 Å². The number of pyridine rings is 1. The molecule has 0 spiro atoms. The number of carbonyl (C=O) groups excluding carboxylic acids is 1. The summed E-state index contributed by atoms with van der Waals surface area (Å²) in [5.74, 6) is 1.55. The molecule has 31 heavy (non-hydrogen) atoms. The Kier molecular flexibility index (Phi) is 5.59. The monoisotopic (exact) mass is 425 g/mol. The fraction of sp³-hybridized carbons (Fsp3) is 0.545. The molecule has 1 saturated heterocycles. The Bertz CT molecular complexity index is 997. The van der Waals surface area contributed by atoms with Gasteiger partial charge in [-0.05, 0) is 24.8 Å². The highest BCUT2D eigenvalue weighted by molar-refractivity contribution is 5.98. The lowest BCUT2D eigenvalue weighted by Crippen LogP contribution is -2.49. The summed E-state index contributed by atoms with van der Waals surface area (Å²) in [6.07, 6.45) is 6.26. The smallest absolute Gasteiger partial charge is 0.259 e. The molecule has 2 aromatic heterocycles. The molecular weight excluding hydrogens is 398 g/mol. The van der Waals surface area contributed by atoms with Gasteiger partial charge >= 0.3 is 0 Å². The second kappa shape index (κ2) is 8.66. The average Bonchev–Trinajstić information content (AvgIpc) is 3.65. The van der Waals surface area contributed by atoms with E-state index in [4.69, 9.17) is 9.47 Å². The SMILES string of the molecule is O=C(c1c(OCC2CC2)cc(=O)n2c1CCOCC2)N1CCN(c2ncccn2)CC1. The van der Waals surface area contributed by atoms with E-state index in [9.17, 15) is 9.59 Å². The first-order valence-electron chi connectivity index (χ1n) is 11.0. The van der Waals surface area contributed by atoms with Crippen LogP contribution in [-0.4, -0.2) is 71.3 Å². The molecule has 0 unspecified atom stereocenters. The van der Waals surface area contributed by atoms with Crippen LogP contribution in [0.15, 0.2) is 29.3 Å². The quantitative estimate of drug-likeness (QED) is 0.705. The number of rotatable bonds is 5. The number of nitrogens with zero attached hydrogens (tertiary/aromatic N) is 5. The fourth-order valence-electron chi connectivity index (χ4n) is 4.16. The molecule has 3 aliphatic rings. The van der Waals surface area contributed by atoms with Crippen molar-refractivity contribution in [2.45, 2.75) is 25.8 Å². The molecule has 2 fully saturated rings. The number of hydrogen-bond acceptors (Lipinski definition) is 7. The minimum absolute atomic E-state index is 0.0786. The molecule has 5 rings (SSSR count). The largest absolute Gasteiger partial charge is 0.492 e. The molecule has 1 amide bonds. The molecule has 0 aromatic carbocycles. The Morgan fingerprint density at radius 2 is 1.87 bits per heavy atom. The van der Waals surface area contributed by atoms with Crippen LogP contribution in [0.5, 0.6) is 5.75 Å². The van der Waals surface area contributed by atoms with Gasteiger partial charge in [-0.15, -0.1) is 0 Å². The Balaban J connectivity index is 1.41. The number of piperazine rings is 1. The van der Waals surface area contributed by atoms with Gasteiger partial charge in [0.2, 0.25) is 5.95 Å². The summed E-state index contributed by atoms with van der Waals surface area (Å²) in [7, 11) is 0. The number of aromatic nitrogens is 3. The van der Waals surface area contributed by atoms with Gasteiger partial charge in [-0.25, -0.2) is 9.97 Å². The Hall–Kier alpha value is -2.94. The van der Waals surface area contributed by atoms with Crippen molar-refractivity contribution in [2.75, 3.05) is 50.9 Å². The van der Waals surface area contributed by atoms with Crippen LogP contribution in [0.1, 0.15) is 28.9 Å². The maximum atomic E-state index is 13.7. The molecule has 164 valence electrons. The van der Waals surface area contributed by atoms with Gasteiger partial charge in [0.25, 0.3) is 11.5 Å². The van der Waals surface area contributed by atoms with Gasteiger partial charge in [-0.2, -0.15) is 0 Å². The summed E-state index contributed by atoms with van der Waals surface area (Å²) in [6, 6.07) is 3.28. The van der Waals surface area contributed by atoms with Gasteiger partial charge in [0.05, 0.1) is 19.8 Å². The summed E-state index contributed by atoms with van der Waals surface area (Å²) in [5, 5.41) is 0. The molecule has 1 aliphatic carbocycles. The van der Waals surface area contributed by atoms with Crippen molar-refractivity contribution in [1.29, 1.82) is 0 Å². The molecular formula is C22H27N5O4. The summed E-state index contributed by atoms with van der Waals surface area (Å²) in [5.41, 5.74) is 1.12. The molecule has 2 aromatic rings. The highest BCUT2D eigenvalue weighted by Crippen LogP contribution is 2.31. The van der Waals surface area contributed by atoms with Gasteiger partial charge < -0.3 is 23.8 Å². The molecule has 0 N–H and O–H groups in total. The number of amides is 1. The molecule has 0 atom stereocenters. The van der Waals surface area contributed by atoms with E-state index in [1.807, 2.05) is 4.90 Å². The summed E-state index contributed by atoms with van der Waals surface area (Å²) >= 11 is 0.